The largest absolute Gasteiger partial charge is 0.489 e. The Labute approximate surface area is 177 Å². The van der Waals surface area contributed by atoms with E-state index in [1.165, 1.54) is 6.08 Å². The number of hydrogen-bond acceptors (Lipinski definition) is 3. The Morgan fingerprint density at radius 2 is 1.86 bits per heavy atom. The zero-order valence-electron chi connectivity index (χ0n) is 15.2. The molecule has 0 unspecified atom stereocenters. The minimum atomic E-state index is -0.191. The smallest absolute Gasteiger partial charge is 0.221 e. The summed E-state index contributed by atoms with van der Waals surface area (Å²) in [6, 6.07) is 20.4. The number of carbonyl (C=O) groups excluding carboxylic acids is 1. The molecule has 6 heteroatoms. The highest BCUT2D eigenvalue weighted by molar-refractivity contribution is 6.42. The average Bonchev–Trinajstić information content (AvgIpc) is 3.18. The van der Waals surface area contributed by atoms with Crippen molar-refractivity contribution in [2.24, 2.45) is 0 Å². The van der Waals surface area contributed by atoms with Crippen LogP contribution in [0.4, 0.5) is 0 Å². The van der Waals surface area contributed by atoms with Crippen LogP contribution in [0.5, 0.6) is 5.75 Å². The highest BCUT2D eigenvalue weighted by Gasteiger charge is 2.08. The molecule has 0 saturated carbocycles. The van der Waals surface area contributed by atoms with Gasteiger partial charge in [-0.1, -0.05) is 59.6 Å². The summed E-state index contributed by atoms with van der Waals surface area (Å²) in [5.41, 5.74) is 3.37. The quantitative estimate of drug-likeness (QED) is 0.291. The number of halogens is 2. The van der Waals surface area contributed by atoms with Crippen LogP contribution in [0.1, 0.15) is 21.7 Å². The van der Waals surface area contributed by atoms with E-state index in [2.05, 4.69) is 9.97 Å². The molecule has 0 aliphatic carbocycles. The molecule has 0 radical (unpaired) electrons. The van der Waals surface area contributed by atoms with E-state index < -0.39 is 0 Å². The number of nitrogens with zero attached hydrogens (tertiary/aromatic N) is 1. The summed E-state index contributed by atoms with van der Waals surface area (Å²) in [4.78, 5) is 19.8. The summed E-state index contributed by atoms with van der Waals surface area (Å²) in [6.07, 6.45) is 3.23. The van der Waals surface area contributed by atoms with Gasteiger partial charge in [-0.3, -0.25) is 4.79 Å². The van der Waals surface area contributed by atoms with Gasteiger partial charge in [0.1, 0.15) is 12.4 Å². The second-order valence-electron chi connectivity index (χ2n) is 6.41. The van der Waals surface area contributed by atoms with Crippen molar-refractivity contribution in [1.82, 2.24) is 9.97 Å². The number of carbonyl (C=O) groups is 1. The van der Waals surface area contributed by atoms with Crippen LogP contribution in [0.15, 0.2) is 72.8 Å². The van der Waals surface area contributed by atoms with Crippen LogP contribution in [0, 0.1) is 0 Å². The Balaban J connectivity index is 1.43. The van der Waals surface area contributed by atoms with Crippen molar-refractivity contribution in [2.75, 3.05) is 0 Å². The maximum Gasteiger partial charge on any atom is 0.221 e. The third-order valence-corrected chi connectivity index (χ3v) is 5.04. The molecule has 4 rings (SSSR count). The fourth-order valence-electron chi connectivity index (χ4n) is 2.82. The fourth-order valence-corrected chi connectivity index (χ4v) is 3.15. The lowest BCUT2D eigenvalue weighted by atomic mass is 10.2. The number of hydrogen-bond donors (Lipinski definition) is 1. The van der Waals surface area contributed by atoms with Crippen molar-refractivity contribution in [1.29, 1.82) is 0 Å². The third-order valence-electron chi connectivity index (χ3n) is 4.30. The fraction of sp³-hybridized carbons (Fsp3) is 0.0435. The van der Waals surface area contributed by atoms with Crippen molar-refractivity contribution in [3.63, 3.8) is 0 Å². The van der Waals surface area contributed by atoms with Gasteiger partial charge in [-0.05, 0) is 53.6 Å². The molecule has 0 bridgehead atoms. The van der Waals surface area contributed by atoms with E-state index in [4.69, 9.17) is 27.9 Å². The first-order valence-corrected chi connectivity index (χ1v) is 9.68. The Morgan fingerprint density at radius 3 is 2.69 bits per heavy atom. The Hall–Kier alpha value is -3.08. The molecular weight excluding hydrogens is 407 g/mol. The predicted octanol–water partition coefficient (Wildman–Crippen LogP) is 6.34. The van der Waals surface area contributed by atoms with E-state index in [-0.39, 0.29) is 5.78 Å². The summed E-state index contributed by atoms with van der Waals surface area (Å²) < 4.78 is 5.82. The van der Waals surface area contributed by atoms with Crippen molar-refractivity contribution >= 4 is 46.1 Å². The molecule has 0 atom stereocenters. The van der Waals surface area contributed by atoms with Crippen LogP contribution in [-0.2, 0) is 6.61 Å². The second-order valence-corrected chi connectivity index (χ2v) is 7.22. The average molecular weight is 423 g/mol. The highest BCUT2D eigenvalue weighted by Crippen LogP contribution is 2.24. The molecule has 1 heterocycles. The van der Waals surface area contributed by atoms with Crippen LogP contribution in [0.25, 0.3) is 17.1 Å². The number of imidazole rings is 1. The van der Waals surface area contributed by atoms with Crippen molar-refractivity contribution in [3.05, 3.63) is 99.8 Å². The maximum absolute atomic E-state index is 12.4. The Kier molecular flexibility index (Phi) is 5.65. The van der Waals surface area contributed by atoms with Gasteiger partial charge < -0.3 is 9.72 Å². The number of allylic oxidation sites excluding steroid dienone is 1. The SMILES string of the molecule is O=C(/C=C/c1cccc(OCc2ccc(Cl)c(Cl)c2)c1)c1nc2ccccc2[nH]1. The normalized spacial score (nSPS) is 11.2. The minimum absolute atomic E-state index is 0.191. The van der Waals surface area contributed by atoms with Gasteiger partial charge in [0, 0.05) is 0 Å². The number of aromatic nitrogens is 2. The van der Waals surface area contributed by atoms with Crippen molar-refractivity contribution < 1.29 is 9.53 Å². The number of ether oxygens (including phenoxy) is 1. The molecule has 3 aromatic carbocycles. The van der Waals surface area contributed by atoms with E-state index in [0.717, 1.165) is 22.2 Å². The van der Waals surface area contributed by atoms with E-state index >= 15 is 0 Å². The zero-order chi connectivity index (χ0) is 20.2. The summed E-state index contributed by atoms with van der Waals surface area (Å²) in [7, 11) is 0. The monoisotopic (exact) mass is 422 g/mol. The number of nitrogens with one attached hydrogen (secondary N) is 1. The van der Waals surface area contributed by atoms with Gasteiger partial charge in [0.2, 0.25) is 5.78 Å². The molecule has 144 valence electrons. The molecule has 0 aliphatic heterocycles. The van der Waals surface area contributed by atoms with Crippen molar-refractivity contribution in [2.45, 2.75) is 6.61 Å². The lowest BCUT2D eigenvalue weighted by Gasteiger charge is -2.08. The van der Waals surface area contributed by atoms with E-state index in [1.54, 1.807) is 18.2 Å². The third kappa shape index (κ3) is 4.67. The summed E-state index contributed by atoms with van der Waals surface area (Å²) in [5.74, 6) is 0.812. The molecular formula is C23H16Cl2N2O2. The number of H-pyrrole nitrogens is 1. The van der Waals surface area contributed by atoms with Gasteiger partial charge in [0.15, 0.2) is 5.82 Å². The number of aromatic amines is 1. The molecule has 0 saturated heterocycles. The molecule has 0 spiro atoms. The minimum Gasteiger partial charge on any atom is -0.489 e. The lowest BCUT2D eigenvalue weighted by molar-refractivity contribution is 0.103. The molecule has 29 heavy (non-hydrogen) atoms. The molecule has 4 aromatic rings. The van der Waals surface area contributed by atoms with Crippen LogP contribution in [0.3, 0.4) is 0 Å². The summed E-state index contributed by atoms with van der Waals surface area (Å²) in [6.45, 7) is 0.363. The van der Waals surface area contributed by atoms with Crippen LogP contribution < -0.4 is 4.74 Å². The lowest BCUT2D eigenvalue weighted by Crippen LogP contribution is -1.97. The molecule has 0 aliphatic rings. The van der Waals surface area contributed by atoms with Gasteiger partial charge in [-0.15, -0.1) is 0 Å². The van der Waals surface area contributed by atoms with Gasteiger partial charge >= 0.3 is 0 Å². The predicted molar refractivity (Wildman–Crippen MR) is 117 cm³/mol. The van der Waals surface area contributed by atoms with Crippen LogP contribution >= 0.6 is 23.2 Å². The molecule has 0 fully saturated rings. The topological polar surface area (TPSA) is 55.0 Å². The van der Waals surface area contributed by atoms with Gasteiger partial charge in [-0.2, -0.15) is 0 Å². The van der Waals surface area contributed by atoms with Gasteiger partial charge in [0.05, 0.1) is 21.1 Å². The molecule has 0 amide bonds. The van der Waals surface area contributed by atoms with E-state index in [1.807, 2.05) is 54.6 Å². The first-order valence-electron chi connectivity index (χ1n) is 8.92. The van der Waals surface area contributed by atoms with Crippen LogP contribution in [-0.4, -0.2) is 15.8 Å². The number of para-hydroxylation sites is 2. The number of ketones is 1. The zero-order valence-corrected chi connectivity index (χ0v) is 16.7. The summed E-state index contributed by atoms with van der Waals surface area (Å²) >= 11 is 12.0. The summed E-state index contributed by atoms with van der Waals surface area (Å²) in [5, 5.41) is 1.00. The number of benzene rings is 3. The van der Waals surface area contributed by atoms with Gasteiger partial charge in [-0.25, -0.2) is 4.98 Å². The van der Waals surface area contributed by atoms with E-state index in [9.17, 15) is 4.79 Å². The maximum atomic E-state index is 12.4. The van der Waals surface area contributed by atoms with E-state index in [0.29, 0.717) is 28.2 Å². The van der Waals surface area contributed by atoms with Crippen LogP contribution in [0.2, 0.25) is 10.0 Å². The standard InChI is InChI=1S/C23H16Cl2N2O2/c24-18-10-8-16(13-19(18)25)14-29-17-5-3-4-15(12-17)9-11-22(28)23-26-20-6-1-2-7-21(20)27-23/h1-13H,14H2,(H,26,27)/b11-9+. The molecule has 1 N–H and O–H groups in total. The second kappa shape index (κ2) is 8.52. The van der Waals surface area contributed by atoms with Gasteiger partial charge in [0.25, 0.3) is 0 Å². The number of fused-ring (bicyclic) bond motifs is 1. The number of rotatable bonds is 6. The highest BCUT2D eigenvalue weighted by atomic mass is 35.5. The molecule has 4 nitrogen and oxygen atoms in total. The Bertz CT molecular complexity index is 1180. The molecule has 1 aromatic heterocycles. The first kappa shape index (κ1) is 19.2. The Morgan fingerprint density at radius 1 is 1.00 bits per heavy atom. The first-order chi connectivity index (χ1) is 14.1. The van der Waals surface area contributed by atoms with Crippen molar-refractivity contribution in [3.8, 4) is 5.75 Å².